The maximum Gasteiger partial charge on any atom is 0.142 e. The van der Waals surface area contributed by atoms with E-state index in [0.29, 0.717) is 12.2 Å². The summed E-state index contributed by atoms with van der Waals surface area (Å²) in [6.45, 7) is 6.50. The molecular formula is C22H21N3O. The van der Waals surface area contributed by atoms with Gasteiger partial charge >= 0.3 is 0 Å². The normalized spacial score (nSPS) is 10.4. The van der Waals surface area contributed by atoms with Crippen LogP contribution in [0.4, 0.5) is 5.82 Å². The quantitative estimate of drug-likeness (QED) is 0.732. The van der Waals surface area contributed by atoms with Gasteiger partial charge in [0.1, 0.15) is 23.2 Å². The van der Waals surface area contributed by atoms with Gasteiger partial charge in [-0.25, -0.2) is 4.98 Å². The predicted octanol–water partition coefficient (Wildman–Crippen LogP) is 4.89. The number of hydrogen-bond acceptors (Lipinski definition) is 4. The number of ether oxygens (including phenoxy) is 1. The molecule has 3 rings (SSSR count). The van der Waals surface area contributed by atoms with Gasteiger partial charge in [-0.15, -0.1) is 0 Å². The van der Waals surface area contributed by atoms with E-state index < -0.39 is 0 Å². The summed E-state index contributed by atoms with van der Waals surface area (Å²) in [7, 11) is 0. The Balaban J connectivity index is 2.32. The molecule has 2 N–H and O–H groups in total. The Bertz CT molecular complexity index is 986. The summed E-state index contributed by atoms with van der Waals surface area (Å²) in [4.78, 5) is 4.52. The SMILES string of the molecule is CCOc1ccccc1-c1c(C)c(-c2ccc(C)cc2)nc(N)c1C#N. The van der Waals surface area contributed by atoms with Crippen LogP contribution in [0.1, 0.15) is 23.6 Å². The molecule has 1 heterocycles. The van der Waals surface area contributed by atoms with Crippen LogP contribution in [0.5, 0.6) is 5.75 Å². The van der Waals surface area contributed by atoms with Crippen LogP contribution in [0.3, 0.4) is 0 Å². The molecule has 0 bridgehead atoms. The van der Waals surface area contributed by atoms with Gasteiger partial charge in [0.15, 0.2) is 0 Å². The number of hydrogen-bond donors (Lipinski definition) is 1. The second-order valence-electron chi connectivity index (χ2n) is 6.13. The zero-order chi connectivity index (χ0) is 18.7. The fraction of sp³-hybridized carbons (Fsp3) is 0.182. The van der Waals surface area contributed by atoms with Crippen LogP contribution in [0.25, 0.3) is 22.4 Å². The molecule has 1 aromatic heterocycles. The Morgan fingerprint density at radius 3 is 2.42 bits per heavy atom. The second kappa shape index (κ2) is 7.28. The first-order valence-electron chi connectivity index (χ1n) is 8.56. The Hall–Kier alpha value is -3.32. The molecule has 4 nitrogen and oxygen atoms in total. The van der Waals surface area contributed by atoms with Gasteiger partial charge in [-0.2, -0.15) is 5.26 Å². The third-order valence-electron chi connectivity index (χ3n) is 4.36. The summed E-state index contributed by atoms with van der Waals surface area (Å²) in [5.41, 5.74) is 12.0. The zero-order valence-corrected chi connectivity index (χ0v) is 15.2. The number of benzene rings is 2. The lowest BCUT2D eigenvalue weighted by Crippen LogP contribution is -2.04. The molecule has 0 atom stereocenters. The lowest BCUT2D eigenvalue weighted by molar-refractivity contribution is 0.341. The van der Waals surface area contributed by atoms with Crippen molar-refractivity contribution in [2.75, 3.05) is 12.3 Å². The summed E-state index contributed by atoms with van der Waals surface area (Å²) < 4.78 is 5.78. The van der Waals surface area contributed by atoms with Crippen molar-refractivity contribution < 1.29 is 4.74 Å². The number of para-hydroxylation sites is 1. The fourth-order valence-corrected chi connectivity index (χ4v) is 3.09. The van der Waals surface area contributed by atoms with Crippen molar-refractivity contribution in [3.05, 3.63) is 65.2 Å². The molecule has 0 spiro atoms. The van der Waals surface area contributed by atoms with E-state index in [2.05, 4.69) is 11.1 Å². The van der Waals surface area contributed by atoms with E-state index in [1.165, 1.54) is 5.56 Å². The number of nitrogens with two attached hydrogens (primary N) is 1. The molecule has 0 unspecified atom stereocenters. The van der Waals surface area contributed by atoms with Crippen molar-refractivity contribution in [3.63, 3.8) is 0 Å². The smallest absolute Gasteiger partial charge is 0.142 e. The Morgan fingerprint density at radius 2 is 1.77 bits per heavy atom. The fourth-order valence-electron chi connectivity index (χ4n) is 3.09. The number of rotatable bonds is 4. The van der Waals surface area contributed by atoms with E-state index in [0.717, 1.165) is 33.7 Å². The first-order chi connectivity index (χ1) is 12.6. The van der Waals surface area contributed by atoms with Crippen molar-refractivity contribution in [3.8, 4) is 34.2 Å². The average Bonchev–Trinajstić information content (AvgIpc) is 2.65. The maximum absolute atomic E-state index is 9.69. The number of aromatic nitrogens is 1. The predicted molar refractivity (Wildman–Crippen MR) is 105 cm³/mol. The van der Waals surface area contributed by atoms with E-state index in [-0.39, 0.29) is 5.82 Å². The first-order valence-corrected chi connectivity index (χ1v) is 8.56. The van der Waals surface area contributed by atoms with Gasteiger partial charge in [-0.1, -0.05) is 48.0 Å². The molecule has 26 heavy (non-hydrogen) atoms. The van der Waals surface area contributed by atoms with Crippen molar-refractivity contribution in [1.29, 1.82) is 5.26 Å². The summed E-state index contributed by atoms with van der Waals surface area (Å²) in [6.07, 6.45) is 0. The van der Waals surface area contributed by atoms with E-state index >= 15 is 0 Å². The molecule has 130 valence electrons. The third-order valence-corrected chi connectivity index (χ3v) is 4.36. The molecule has 2 aromatic carbocycles. The molecule has 3 aromatic rings. The number of pyridine rings is 1. The molecule has 0 fully saturated rings. The number of nitrogens with zero attached hydrogens (tertiary/aromatic N) is 2. The molecule has 4 heteroatoms. The van der Waals surface area contributed by atoms with E-state index in [1.54, 1.807) is 0 Å². The van der Waals surface area contributed by atoms with Gasteiger partial charge in [-0.3, -0.25) is 0 Å². The molecule has 0 aliphatic rings. The van der Waals surface area contributed by atoms with Gasteiger partial charge in [0.05, 0.1) is 12.3 Å². The monoisotopic (exact) mass is 343 g/mol. The van der Waals surface area contributed by atoms with Crippen molar-refractivity contribution in [2.24, 2.45) is 0 Å². The summed E-state index contributed by atoms with van der Waals surface area (Å²) >= 11 is 0. The van der Waals surface area contributed by atoms with Crippen molar-refractivity contribution in [1.82, 2.24) is 4.98 Å². The van der Waals surface area contributed by atoms with Crippen LogP contribution in [0.15, 0.2) is 48.5 Å². The van der Waals surface area contributed by atoms with E-state index in [1.807, 2.05) is 69.3 Å². The highest BCUT2D eigenvalue weighted by atomic mass is 16.5. The minimum Gasteiger partial charge on any atom is -0.493 e. The lowest BCUT2D eigenvalue weighted by atomic mass is 9.92. The topological polar surface area (TPSA) is 71.9 Å². The zero-order valence-electron chi connectivity index (χ0n) is 15.2. The highest BCUT2D eigenvalue weighted by Gasteiger charge is 2.20. The molecule has 0 radical (unpaired) electrons. The summed E-state index contributed by atoms with van der Waals surface area (Å²) in [5.74, 6) is 0.963. The third kappa shape index (κ3) is 3.12. The number of nitriles is 1. The average molecular weight is 343 g/mol. The standard InChI is InChI=1S/C22H21N3O/c1-4-26-19-8-6-5-7-17(19)20-15(3)21(25-22(24)18(20)13-23)16-11-9-14(2)10-12-16/h5-12H,4H2,1-3H3,(H2,24,25). The maximum atomic E-state index is 9.69. The molecule has 0 amide bonds. The van der Waals surface area contributed by atoms with Crippen LogP contribution in [-0.4, -0.2) is 11.6 Å². The van der Waals surface area contributed by atoms with Gasteiger partial charge in [0.25, 0.3) is 0 Å². The van der Waals surface area contributed by atoms with Gasteiger partial charge in [0, 0.05) is 16.7 Å². The van der Waals surface area contributed by atoms with Gasteiger partial charge in [0.2, 0.25) is 0 Å². The highest BCUT2D eigenvalue weighted by Crippen LogP contribution is 2.39. The van der Waals surface area contributed by atoms with Crippen LogP contribution in [0.2, 0.25) is 0 Å². The minimum atomic E-state index is 0.231. The largest absolute Gasteiger partial charge is 0.493 e. The van der Waals surface area contributed by atoms with Crippen LogP contribution < -0.4 is 10.5 Å². The Kier molecular flexibility index (Phi) is 4.90. The molecule has 0 aliphatic carbocycles. The first kappa shape index (κ1) is 17.5. The molecule has 0 saturated carbocycles. The van der Waals surface area contributed by atoms with E-state index in [9.17, 15) is 5.26 Å². The van der Waals surface area contributed by atoms with Crippen molar-refractivity contribution in [2.45, 2.75) is 20.8 Å². The van der Waals surface area contributed by atoms with E-state index in [4.69, 9.17) is 10.5 Å². The van der Waals surface area contributed by atoms with Crippen LogP contribution >= 0.6 is 0 Å². The Morgan fingerprint density at radius 1 is 1.08 bits per heavy atom. The van der Waals surface area contributed by atoms with Crippen LogP contribution in [0, 0.1) is 25.2 Å². The second-order valence-corrected chi connectivity index (χ2v) is 6.13. The van der Waals surface area contributed by atoms with Crippen LogP contribution in [-0.2, 0) is 0 Å². The van der Waals surface area contributed by atoms with Gasteiger partial charge < -0.3 is 10.5 Å². The summed E-state index contributed by atoms with van der Waals surface area (Å²) in [6, 6.07) is 18.0. The lowest BCUT2D eigenvalue weighted by Gasteiger charge is -2.17. The summed E-state index contributed by atoms with van der Waals surface area (Å²) in [5, 5.41) is 9.69. The van der Waals surface area contributed by atoms with Gasteiger partial charge in [-0.05, 0) is 32.4 Å². The Labute approximate surface area is 153 Å². The number of nitrogen functional groups attached to an aromatic ring is 1. The number of aryl methyl sites for hydroxylation is 1. The highest BCUT2D eigenvalue weighted by molar-refractivity contribution is 5.86. The minimum absolute atomic E-state index is 0.231. The van der Waals surface area contributed by atoms with Crippen molar-refractivity contribution >= 4 is 5.82 Å². The molecular weight excluding hydrogens is 322 g/mol. The molecule has 0 aliphatic heterocycles. The molecule has 0 saturated heterocycles. The number of anilines is 1.